The number of thiophene rings is 1. The highest BCUT2D eigenvalue weighted by Crippen LogP contribution is 2.44. The predicted octanol–water partition coefficient (Wildman–Crippen LogP) is 10.3. The van der Waals surface area contributed by atoms with Crippen molar-refractivity contribution in [2.45, 2.75) is 0 Å². The molecule has 0 saturated carbocycles. The molecule has 6 aromatic carbocycles. The summed E-state index contributed by atoms with van der Waals surface area (Å²) in [5.41, 5.74) is 7.21. The van der Waals surface area contributed by atoms with Crippen LogP contribution < -0.4 is 5.32 Å². The van der Waals surface area contributed by atoms with Crippen LogP contribution in [0.5, 0.6) is 0 Å². The lowest BCUT2D eigenvalue weighted by Crippen LogP contribution is -1.92. The van der Waals surface area contributed by atoms with E-state index in [-0.39, 0.29) is 0 Å². The van der Waals surface area contributed by atoms with E-state index < -0.39 is 0 Å². The number of benzene rings is 6. The number of anilines is 2. The lowest BCUT2D eigenvalue weighted by atomic mass is 10.0. The number of rotatable bonds is 4. The summed E-state index contributed by atoms with van der Waals surface area (Å²) in [6, 6.07) is 47.8. The van der Waals surface area contributed by atoms with Gasteiger partial charge in [-0.25, -0.2) is 0 Å². The Bertz CT molecular complexity index is 1850. The van der Waals surface area contributed by atoms with E-state index in [1.165, 1.54) is 53.2 Å². The van der Waals surface area contributed by atoms with Crippen molar-refractivity contribution in [3.8, 4) is 22.3 Å². The molecule has 2 heteroatoms. The third-order valence-electron chi connectivity index (χ3n) is 6.86. The second kappa shape index (κ2) is 8.67. The average molecular weight is 478 g/mol. The van der Waals surface area contributed by atoms with Crippen molar-refractivity contribution in [2.24, 2.45) is 0 Å². The Kier molecular flexibility index (Phi) is 5.04. The molecule has 7 rings (SSSR count). The van der Waals surface area contributed by atoms with Gasteiger partial charge in [0, 0.05) is 31.5 Å². The second-order valence-corrected chi connectivity index (χ2v) is 10.1. The van der Waals surface area contributed by atoms with Gasteiger partial charge in [0.15, 0.2) is 0 Å². The molecule has 0 unspecified atom stereocenters. The van der Waals surface area contributed by atoms with Crippen molar-refractivity contribution < 1.29 is 0 Å². The Labute approximate surface area is 214 Å². The van der Waals surface area contributed by atoms with E-state index in [4.69, 9.17) is 0 Å². The van der Waals surface area contributed by atoms with Crippen LogP contribution in [0.4, 0.5) is 11.4 Å². The Balaban J connectivity index is 1.28. The number of fused-ring (bicyclic) bond motifs is 4. The highest BCUT2D eigenvalue weighted by molar-refractivity contribution is 7.26. The minimum atomic E-state index is 1.09. The third kappa shape index (κ3) is 3.64. The molecule has 170 valence electrons. The summed E-state index contributed by atoms with van der Waals surface area (Å²) in [5.74, 6) is 0. The molecule has 0 atom stereocenters. The van der Waals surface area contributed by atoms with Gasteiger partial charge in [0.25, 0.3) is 0 Å². The van der Waals surface area contributed by atoms with Crippen molar-refractivity contribution in [2.75, 3.05) is 5.32 Å². The molecule has 1 heterocycles. The van der Waals surface area contributed by atoms with E-state index in [1.54, 1.807) is 0 Å². The van der Waals surface area contributed by atoms with E-state index in [1.807, 2.05) is 11.3 Å². The Hall–Kier alpha value is -4.40. The van der Waals surface area contributed by atoms with E-state index in [2.05, 4.69) is 139 Å². The molecular formula is C34H23NS. The quantitative estimate of drug-likeness (QED) is 0.266. The fourth-order valence-electron chi connectivity index (χ4n) is 5.05. The summed E-state index contributed by atoms with van der Waals surface area (Å²) < 4.78 is 2.63. The monoisotopic (exact) mass is 477 g/mol. The topological polar surface area (TPSA) is 12.0 Å². The molecule has 0 aliphatic rings. The molecule has 0 amide bonds. The van der Waals surface area contributed by atoms with Gasteiger partial charge in [0.1, 0.15) is 0 Å². The minimum absolute atomic E-state index is 1.09. The molecule has 0 radical (unpaired) electrons. The first-order chi connectivity index (χ1) is 17.8. The van der Waals surface area contributed by atoms with Crippen LogP contribution in [-0.4, -0.2) is 0 Å². The number of hydrogen-bond donors (Lipinski definition) is 1. The molecule has 0 spiro atoms. The molecule has 0 aliphatic heterocycles. The van der Waals surface area contributed by atoms with Gasteiger partial charge in [-0.05, 0) is 63.4 Å². The van der Waals surface area contributed by atoms with Gasteiger partial charge in [-0.3, -0.25) is 0 Å². The van der Waals surface area contributed by atoms with Gasteiger partial charge in [-0.1, -0.05) is 103 Å². The Morgan fingerprint density at radius 3 is 2.08 bits per heavy atom. The fourth-order valence-corrected chi connectivity index (χ4v) is 6.31. The zero-order valence-corrected chi connectivity index (χ0v) is 20.4. The predicted molar refractivity (Wildman–Crippen MR) is 157 cm³/mol. The van der Waals surface area contributed by atoms with Crippen LogP contribution in [0.2, 0.25) is 0 Å². The largest absolute Gasteiger partial charge is 0.355 e. The van der Waals surface area contributed by atoms with Gasteiger partial charge in [0.05, 0.1) is 0 Å². The van der Waals surface area contributed by atoms with Crippen LogP contribution in [-0.2, 0) is 0 Å². The van der Waals surface area contributed by atoms with E-state index in [9.17, 15) is 0 Å². The fraction of sp³-hybridized carbons (Fsp3) is 0. The van der Waals surface area contributed by atoms with Gasteiger partial charge in [0.2, 0.25) is 0 Å². The van der Waals surface area contributed by atoms with Crippen LogP contribution in [0.1, 0.15) is 0 Å². The first kappa shape index (κ1) is 20.9. The van der Waals surface area contributed by atoms with Crippen molar-refractivity contribution in [1.29, 1.82) is 0 Å². The Morgan fingerprint density at radius 2 is 1.22 bits per heavy atom. The van der Waals surface area contributed by atoms with Crippen LogP contribution in [0.25, 0.3) is 53.2 Å². The highest BCUT2D eigenvalue weighted by atomic mass is 32.1. The molecule has 36 heavy (non-hydrogen) atoms. The first-order valence-electron chi connectivity index (χ1n) is 12.2. The lowest BCUT2D eigenvalue weighted by molar-refractivity contribution is 1.57. The molecule has 0 fully saturated rings. The summed E-state index contributed by atoms with van der Waals surface area (Å²) in [6.07, 6.45) is 0. The number of nitrogens with one attached hydrogen (secondary N) is 1. The molecular weight excluding hydrogens is 454 g/mol. The van der Waals surface area contributed by atoms with Crippen molar-refractivity contribution in [3.05, 3.63) is 133 Å². The first-order valence-corrected chi connectivity index (χ1v) is 13.0. The van der Waals surface area contributed by atoms with Crippen LogP contribution in [0, 0.1) is 0 Å². The molecule has 0 aliphatic carbocycles. The lowest BCUT2D eigenvalue weighted by Gasteiger charge is -2.12. The maximum atomic E-state index is 3.72. The van der Waals surface area contributed by atoms with Crippen molar-refractivity contribution in [3.63, 3.8) is 0 Å². The maximum absolute atomic E-state index is 3.72. The third-order valence-corrected chi connectivity index (χ3v) is 8.06. The molecule has 1 nitrogen and oxygen atoms in total. The summed E-state index contributed by atoms with van der Waals surface area (Å²) >= 11 is 1.87. The van der Waals surface area contributed by atoms with E-state index >= 15 is 0 Å². The Morgan fingerprint density at radius 1 is 0.500 bits per heavy atom. The highest BCUT2D eigenvalue weighted by Gasteiger charge is 2.14. The summed E-state index contributed by atoms with van der Waals surface area (Å²) in [6.45, 7) is 0. The standard InChI is InChI=1S/C34H23NS/c1-2-9-25(10-3-1)29-20-21-31(33-30-12-6-7-13-32(30)36-34(29)33)35-28-18-16-24(17-19-28)27-15-14-23-8-4-5-11-26(23)22-27/h1-22,35H. The van der Waals surface area contributed by atoms with Crippen molar-refractivity contribution in [1.82, 2.24) is 0 Å². The summed E-state index contributed by atoms with van der Waals surface area (Å²) in [7, 11) is 0. The molecule has 0 bridgehead atoms. The van der Waals surface area contributed by atoms with Crippen LogP contribution >= 0.6 is 11.3 Å². The maximum Gasteiger partial charge on any atom is 0.0479 e. The van der Waals surface area contributed by atoms with E-state index in [0.29, 0.717) is 0 Å². The molecule has 1 aromatic heterocycles. The summed E-state index contributed by atoms with van der Waals surface area (Å²) in [4.78, 5) is 0. The normalized spacial score (nSPS) is 11.3. The minimum Gasteiger partial charge on any atom is -0.355 e. The van der Waals surface area contributed by atoms with E-state index in [0.717, 1.165) is 11.4 Å². The van der Waals surface area contributed by atoms with Crippen molar-refractivity contribution >= 4 is 53.7 Å². The smallest absolute Gasteiger partial charge is 0.0479 e. The molecule has 1 N–H and O–H groups in total. The molecule has 7 aromatic rings. The molecule has 0 saturated heterocycles. The van der Waals surface area contributed by atoms with Gasteiger partial charge < -0.3 is 5.32 Å². The SMILES string of the molecule is c1ccc(-c2ccc(Nc3ccc(-c4ccc5ccccc5c4)cc3)c3c2sc2ccccc23)cc1. The van der Waals surface area contributed by atoms with Gasteiger partial charge >= 0.3 is 0 Å². The average Bonchev–Trinajstić information content (AvgIpc) is 3.34. The van der Waals surface area contributed by atoms with Crippen LogP contribution in [0.3, 0.4) is 0 Å². The van der Waals surface area contributed by atoms with Gasteiger partial charge in [-0.2, -0.15) is 0 Å². The zero-order chi connectivity index (χ0) is 23.9. The number of hydrogen-bond acceptors (Lipinski definition) is 2. The van der Waals surface area contributed by atoms with Gasteiger partial charge in [-0.15, -0.1) is 11.3 Å². The summed E-state index contributed by atoms with van der Waals surface area (Å²) in [5, 5.41) is 8.84. The second-order valence-electron chi connectivity index (χ2n) is 9.09. The zero-order valence-electron chi connectivity index (χ0n) is 19.6. The van der Waals surface area contributed by atoms with Crippen LogP contribution in [0.15, 0.2) is 133 Å².